The van der Waals surface area contributed by atoms with Crippen molar-refractivity contribution in [3.63, 3.8) is 0 Å². The molecule has 0 radical (unpaired) electrons. The maximum Gasteiger partial charge on any atom is 0.142 e. The first kappa shape index (κ1) is 19.0. The number of halogens is 1. The predicted molar refractivity (Wildman–Crippen MR) is 118 cm³/mol. The van der Waals surface area contributed by atoms with Crippen molar-refractivity contribution < 1.29 is 0 Å². The molecule has 4 rings (SSSR count). The van der Waals surface area contributed by atoms with Crippen LogP contribution in [0, 0.1) is 13.8 Å². The van der Waals surface area contributed by atoms with E-state index in [1.807, 2.05) is 24.3 Å². The van der Waals surface area contributed by atoms with Crippen LogP contribution in [-0.2, 0) is 5.75 Å². The largest absolute Gasteiger partial charge is 0.353 e. The molecule has 0 unspecified atom stereocenters. The average Bonchev–Trinajstić information content (AvgIpc) is 2.95. The van der Waals surface area contributed by atoms with Gasteiger partial charge in [-0.2, -0.15) is 0 Å². The summed E-state index contributed by atoms with van der Waals surface area (Å²) in [5.74, 6) is 2.77. The maximum absolute atomic E-state index is 5.99. The Morgan fingerprint density at radius 1 is 1.07 bits per heavy atom. The fourth-order valence-electron chi connectivity index (χ4n) is 3.26. The van der Waals surface area contributed by atoms with Crippen LogP contribution in [0.15, 0.2) is 29.2 Å². The molecule has 1 aromatic carbocycles. The van der Waals surface area contributed by atoms with Gasteiger partial charge in [-0.15, -0.1) is 23.1 Å². The SMILES string of the molecule is Cc1sc2nc(CSc3ccc(Cl)cc3)nc(N3CCN(C)CC3)c2c1C. The molecule has 0 saturated carbocycles. The molecule has 0 atom stereocenters. The van der Waals surface area contributed by atoms with Crippen LogP contribution in [0.25, 0.3) is 10.2 Å². The molecule has 1 aliphatic heterocycles. The monoisotopic (exact) mass is 418 g/mol. The van der Waals surface area contributed by atoms with Crippen molar-refractivity contribution in [1.29, 1.82) is 0 Å². The zero-order chi connectivity index (χ0) is 19.0. The fraction of sp³-hybridized carbons (Fsp3) is 0.400. The summed E-state index contributed by atoms with van der Waals surface area (Å²) in [6, 6.07) is 7.95. The number of hydrogen-bond donors (Lipinski definition) is 0. The molecule has 1 aliphatic rings. The van der Waals surface area contributed by atoms with Crippen LogP contribution in [0.1, 0.15) is 16.3 Å². The summed E-state index contributed by atoms with van der Waals surface area (Å²) in [5.41, 5.74) is 1.32. The lowest BCUT2D eigenvalue weighted by atomic mass is 10.2. The van der Waals surface area contributed by atoms with Crippen LogP contribution in [0.5, 0.6) is 0 Å². The topological polar surface area (TPSA) is 32.3 Å². The smallest absolute Gasteiger partial charge is 0.142 e. The third-order valence-electron chi connectivity index (χ3n) is 5.04. The van der Waals surface area contributed by atoms with Gasteiger partial charge in [-0.3, -0.25) is 0 Å². The van der Waals surface area contributed by atoms with Crippen LogP contribution in [-0.4, -0.2) is 48.1 Å². The lowest BCUT2D eigenvalue weighted by molar-refractivity contribution is 0.312. The van der Waals surface area contributed by atoms with Crippen molar-refractivity contribution in [2.75, 3.05) is 38.1 Å². The highest BCUT2D eigenvalue weighted by Crippen LogP contribution is 2.36. The number of benzene rings is 1. The Kier molecular flexibility index (Phi) is 5.60. The number of likely N-dealkylation sites (N-methyl/N-ethyl adjacent to an activating group) is 1. The van der Waals surface area contributed by atoms with E-state index in [0.717, 1.165) is 53.4 Å². The van der Waals surface area contributed by atoms with Crippen LogP contribution in [0.3, 0.4) is 0 Å². The molecule has 1 fully saturated rings. The van der Waals surface area contributed by atoms with E-state index in [-0.39, 0.29) is 0 Å². The Morgan fingerprint density at radius 3 is 2.48 bits per heavy atom. The van der Waals surface area contributed by atoms with Gasteiger partial charge in [0.25, 0.3) is 0 Å². The van der Waals surface area contributed by atoms with Crippen molar-refractivity contribution >= 4 is 50.7 Å². The number of nitrogens with zero attached hydrogens (tertiary/aromatic N) is 4. The minimum Gasteiger partial charge on any atom is -0.353 e. The minimum absolute atomic E-state index is 0.758. The van der Waals surface area contributed by atoms with Crippen molar-refractivity contribution in [2.24, 2.45) is 0 Å². The van der Waals surface area contributed by atoms with Crippen molar-refractivity contribution in [3.8, 4) is 0 Å². The normalized spacial score (nSPS) is 15.6. The van der Waals surface area contributed by atoms with Crippen LogP contribution in [0.2, 0.25) is 5.02 Å². The van der Waals surface area contributed by atoms with Gasteiger partial charge in [0.05, 0.1) is 11.1 Å². The van der Waals surface area contributed by atoms with E-state index in [4.69, 9.17) is 21.6 Å². The second kappa shape index (κ2) is 7.95. The Hall–Kier alpha value is -1.34. The highest BCUT2D eigenvalue weighted by molar-refractivity contribution is 7.98. The highest BCUT2D eigenvalue weighted by Gasteiger charge is 2.22. The first-order chi connectivity index (χ1) is 13.0. The van der Waals surface area contributed by atoms with Gasteiger partial charge in [0.2, 0.25) is 0 Å². The van der Waals surface area contributed by atoms with E-state index >= 15 is 0 Å². The molecule has 27 heavy (non-hydrogen) atoms. The molecule has 1 saturated heterocycles. The molecule has 0 spiro atoms. The summed E-state index contributed by atoms with van der Waals surface area (Å²) in [7, 11) is 2.18. The summed E-state index contributed by atoms with van der Waals surface area (Å²) >= 11 is 9.52. The zero-order valence-corrected chi connectivity index (χ0v) is 18.2. The van der Waals surface area contributed by atoms with E-state index in [0.29, 0.717) is 0 Å². The molecule has 7 heteroatoms. The molecule has 0 N–H and O–H groups in total. The van der Waals surface area contributed by atoms with Gasteiger partial charge in [-0.1, -0.05) is 11.6 Å². The zero-order valence-electron chi connectivity index (χ0n) is 15.8. The molecule has 2 aromatic heterocycles. The summed E-state index contributed by atoms with van der Waals surface area (Å²) in [6.07, 6.45) is 0. The van der Waals surface area contributed by atoms with Gasteiger partial charge in [-0.05, 0) is 50.7 Å². The Labute approximate surface area is 173 Å². The summed E-state index contributed by atoms with van der Waals surface area (Å²) < 4.78 is 0. The summed E-state index contributed by atoms with van der Waals surface area (Å²) in [6.45, 7) is 8.54. The number of thiophene rings is 1. The lowest BCUT2D eigenvalue weighted by Gasteiger charge is -2.33. The number of piperazine rings is 1. The number of hydrogen-bond acceptors (Lipinski definition) is 6. The van der Waals surface area contributed by atoms with Gasteiger partial charge < -0.3 is 9.80 Å². The van der Waals surface area contributed by atoms with E-state index in [9.17, 15) is 0 Å². The van der Waals surface area contributed by atoms with Gasteiger partial charge in [0, 0.05) is 41.0 Å². The second-order valence-corrected chi connectivity index (χ2v) is 9.65. The van der Waals surface area contributed by atoms with Gasteiger partial charge in [-0.25, -0.2) is 9.97 Å². The van der Waals surface area contributed by atoms with E-state index in [1.165, 1.54) is 20.7 Å². The molecular weight excluding hydrogens is 396 g/mol. The van der Waals surface area contributed by atoms with Gasteiger partial charge in [0.15, 0.2) is 0 Å². The molecule has 142 valence electrons. The van der Waals surface area contributed by atoms with Crippen LogP contribution >= 0.6 is 34.7 Å². The summed E-state index contributed by atoms with van der Waals surface area (Å²) in [5, 5.41) is 2.00. The van der Waals surface area contributed by atoms with E-state index in [2.05, 4.69) is 30.7 Å². The number of rotatable bonds is 4. The third kappa shape index (κ3) is 4.09. The molecule has 4 nitrogen and oxygen atoms in total. The fourth-order valence-corrected chi connectivity index (χ4v) is 5.18. The number of anilines is 1. The minimum atomic E-state index is 0.758. The number of aryl methyl sites for hydroxylation is 2. The second-order valence-electron chi connectivity index (χ2n) is 6.96. The third-order valence-corrected chi connectivity index (χ3v) is 7.40. The Bertz CT molecular complexity index is 947. The van der Waals surface area contributed by atoms with Crippen LogP contribution in [0.4, 0.5) is 5.82 Å². The number of aromatic nitrogens is 2. The Balaban J connectivity index is 1.66. The molecule has 3 aromatic rings. The first-order valence-electron chi connectivity index (χ1n) is 9.10. The van der Waals surface area contributed by atoms with Gasteiger partial charge in [0.1, 0.15) is 16.5 Å². The van der Waals surface area contributed by atoms with Crippen molar-refractivity contribution in [1.82, 2.24) is 14.9 Å². The summed E-state index contributed by atoms with van der Waals surface area (Å²) in [4.78, 5) is 18.3. The van der Waals surface area contributed by atoms with Gasteiger partial charge >= 0.3 is 0 Å². The molecule has 0 amide bonds. The standard InChI is InChI=1S/C20H23ClN4S2/c1-13-14(2)27-20-18(13)19(25-10-8-24(3)9-11-25)22-17(23-20)12-26-16-6-4-15(21)5-7-16/h4-7H,8-12H2,1-3H3. The van der Waals surface area contributed by atoms with Crippen molar-refractivity contribution in [2.45, 2.75) is 24.5 Å². The number of thioether (sulfide) groups is 1. The van der Waals surface area contributed by atoms with Crippen molar-refractivity contribution in [3.05, 3.63) is 45.6 Å². The predicted octanol–water partition coefficient (Wildman–Crippen LogP) is 5.01. The Morgan fingerprint density at radius 2 is 1.78 bits per heavy atom. The quantitative estimate of drug-likeness (QED) is 0.556. The first-order valence-corrected chi connectivity index (χ1v) is 11.3. The molecule has 3 heterocycles. The molecule has 0 bridgehead atoms. The van der Waals surface area contributed by atoms with E-state index in [1.54, 1.807) is 23.1 Å². The number of fused-ring (bicyclic) bond motifs is 1. The molecular formula is C20H23ClN4S2. The molecule has 0 aliphatic carbocycles. The van der Waals surface area contributed by atoms with Crippen LogP contribution < -0.4 is 4.90 Å². The maximum atomic E-state index is 5.99. The highest BCUT2D eigenvalue weighted by atomic mass is 35.5. The average molecular weight is 419 g/mol. The van der Waals surface area contributed by atoms with E-state index < -0.39 is 0 Å². The lowest BCUT2D eigenvalue weighted by Crippen LogP contribution is -2.45.